The molecule has 0 aliphatic heterocycles. The van der Waals surface area contributed by atoms with Crippen LogP contribution in [0.3, 0.4) is 0 Å². The summed E-state index contributed by atoms with van der Waals surface area (Å²) in [6.45, 7) is 1.97. The fraction of sp³-hybridized carbons (Fsp3) is 0.0455. The number of rotatable bonds is 4. The molecule has 0 atom stereocenters. The molecule has 3 nitrogen and oxygen atoms in total. The molecule has 26 heavy (non-hydrogen) atoms. The van der Waals surface area contributed by atoms with Crippen LogP contribution >= 0.6 is 0 Å². The Morgan fingerprint density at radius 2 is 1.69 bits per heavy atom. The number of nitrogens with one attached hydrogen (secondary N) is 1. The van der Waals surface area contributed by atoms with Gasteiger partial charge < -0.3 is 10.1 Å². The number of benzene rings is 3. The van der Waals surface area contributed by atoms with Crippen LogP contribution in [-0.4, -0.2) is 4.98 Å². The molecule has 4 aromatic rings. The minimum atomic E-state index is -0.382. The number of pyridine rings is 1. The Balaban J connectivity index is 1.56. The average Bonchev–Trinajstić information content (AvgIpc) is 2.66. The van der Waals surface area contributed by atoms with E-state index in [9.17, 15) is 4.39 Å². The lowest BCUT2D eigenvalue weighted by Crippen LogP contribution is -1.96. The Bertz CT molecular complexity index is 1080. The third-order valence-corrected chi connectivity index (χ3v) is 4.12. The van der Waals surface area contributed by atoms with Gasteiger partial charge in [0.05, 0.1) is 5.52 Å². The number of anilines is 2. The standard InChI is InChI=1S/C22H17FN2O/c1-15-14-17(26-21-9-5-3-7-18(21)23)11-12-19(15)24-22-13-10-16-6-2-4-8-20(16)25-22/h2-14H,1H3,(H,24,25). The molecule has 0 radical (unpaired) electrons. The number of ether oxygens (including phenoxy) is 1. The van der Waals surface area contributed by atoms with Gasteiger partial charge in [0.1, 0.15) is 11.6 Å². The molecule has 128 valence electrons. The largest absolute Gasteiger partial charge is 0.454 e. The summed E-state index contributed by atoms with van der Waals surface area (Å²) in [7, 11) is 0. The van der Waals surface area contributed by atoms with E-state index in [4.69, 9.17) is 4.74 Å². The van der Waals surface area contributed by atoms with Crippen molar-refractivity contribution in [3.8, 4) is 11.5 Å². The first-order chi connectivity index (χ1) is 12.7. The minimum absolute atomic E-state index is 0.212. The average molecular weight is 344 g/mol. The molecule has 3 aromatic carbocycles. The van der Waals surface area contributed by atoms with Gasteiger partial charge in [0.25, 0.3) is 0 Å². The van der Waals surface area contributed by atoms with Crippen molar-refractivity contribution in [3.05, 3.63) is 90.2 Å². The highest BCUT2D eigenvalue weighted by Gasteiger charge is 2.07. The van der Waals surface area contributed by atoms with Crippen LogP contribution in [0.5, 0.6) is 11.5 Å². The van der Waals surface area contributed by atoms with Gasteiger partial charge in [0.2, 0.25) is 0 Å². The topological polar surface area (TPSA) is 34.1 Å². The van der Waals surface area contributed by atoms with Gasteiger partial charge in [0, 0.05) is 11.1 Å². The number of aromatic nitrogens is 1. The highest BCUT2D eigenvalue weighted by atomic mass is 19.1. The monoisotopic (exact) mass is 344 g/mol. The number of para-hydroxylation sites is 2. The second kappa shape index (κ2) is 6.84. The van der Waals surface area contributed by atoms with Crippen LogP contribution in [0.25, 0.3) is 10.9 Å². The van der Waals surface area contributed by atoms with E-state index in [1.54, 1.807) is 18.2 Å². The van der Waals surface area contributed by atoms with E-state index in [2.05, 4.69) is 10.3 Å². The van der Waals surface area contributed by atoms with E-state index in [1.165, 1.54) is 6.07 Å². The zero-order valence-corrected chi connectivity index (χ0v) is 14.2. The molecule has 1 aromatic heterocycles. The summed E-state index contributed by atoms with van der Waals surface area (Å²) in [6, 6.07) is 23.9. The number of hydrogen-bond acceptors (Lipinski definition) is 3. The zero-order chi connectivity index (χ0) is 17.9. The number of hydrogen-bond donors (Lipinski definition) is 1. The first kappa shape index (κ1) is 16.1. The highest BCUT2D eigenvalue weighted by molar-refractivity contribution is 5.80. The Labute approximate surface area is 151 Å². The van der Waals surface area contributed by atoms with E-state index >= 15 is 0 Å². The van der Waals surface area contributed by atoms with Crippen LogP contribution in [-0.2, 0) is 0 Å². The van der Waals surface area contributed by atoms with Gasteiger partial charge in [-0.3, -0.25) is 0 Å². The van der Waals surface area contributed by atoms with Crippen molar-refractivity contribution in [3.63, 3.8) is 0 Å². The molecule has 0 saturated heterocycles. The summed E-state index contributed by atoms with van der Waals surface area (Å²) in [6.07, 6.45) is 0. The van der Waals surface area contributed by atoms with Gasteiger partial charge in [-0.1, -0.05) is 30.3 Å². The minimum Gasteiger partial charge on any atom is -0.454 e. The van der Waals surface area contributed by atoms with Gasteiger partial charge in [-0.05, 0) is 61.0 Å². The van der Waals surface area contributed by atoms with E-state index in [0.717, 1.165) is 28.0 Å². The molecule has 1 heterocycles. The summed E-state index contributed by atoms with van der Waals surface area (Å²) in [5, 5.41) is 4.43. The zero-order valence-electron chi connectivity index (χ0n) is 14.2. The molecule has 1 N–H and O–H groups in total. The van der Waals surface area contributed by atoms with Crippen molar-refractivity contribution >= 4 is 22.4 Å². The van der Waals surface area contributed by atoms with Crippen molar-refractivity contribution < 1.29 is 9.13 Å². The molecular formula is C22H17FN2O. The van der Waals surface area contributed by atoms with Crippen LogP contribution < -0.4 is 10.1 Å². The normalized spacial score (nSPS) is 10.7. The molecule has 4 rings (SSSR count). The summed E-state index contributed by atoms with van der Waals surface area (Å²) in [5.41, 5.74) is 2.84. The summed E-state index contributed by atoms with van der Waals surface area (Å²) >= 11 is 0. The maximum Gasteiger partial charge on any atom is 0.165 e. The van der Waals surface area contributed by atoms with Crippen LogP contribution in [0.15, 0.2) is 78.9 Å². The Hall–Kier alpha value is -3.40. The van der Waals surface area contributed by atoms with Crippen molar-refractivity contribution in [2.75, 3.05) is 5.32 Å². The predicted octanol–water partition coefficient (Wildman–Crippen LogP) is 6.22. The van der Waals surface area contributed by atoms with Gasteiger partial charge >= 0.3 is 0 Å². The summed E-state index contributed by atoms with van der Waals surface area (Å²) in [5.74, 6) is 1.19. The van der Waals surface area contributed by atoms with Crippen LogP contribution in [0, 0.1) is 12.7 Å². The van der Waals surface area contributed by atoms with E-state index < -0.39 is 0 Å². The Kier molecular flexibility index (Phi) is 4.23. The van der Waals surface area contributed by atoms with Crippen molar-refractivity contribution in [1.29, 1.82) is 0 Å². The van der Waals surface area contributed by atoms with E-state index in [-0.39, 0.29) is 11.6 Å². The third kappa shape index (κ3) is 3.35. The van der Waals surface area contributed by atoms with Gasteiger partial charge in [0.15, 0.2) is 11.6 Å². The molecule has 0 spiro atoms. The van der Waals surface area contributed by atoms with Crippen LogP contribution in [0.1, 0.15) is 5.56 Å². The lowest BCUT2D eigenvalue weighted by molar-refractivity contribution is 0.442. The number of nitrogens with zero attached hydrogens (tertiary/aromatic N) is 1. The van der Waals surface area contributed by atoms with Crippen molar-refractivity contribution in [1.82, 2.24) is 4.98 Å². The molecule has 0 bridgehead atoms. The van der Waals surface area contributed by atoms with Crippen LogP contribution in [0.4, 0.5) is 15.9 Å². The van der Waals surface area contributed by atoms with E-state index in [1.807, 2.05) is 61.5 Å². The molecule has 4 heteroatoms. The number of halogens is 1. The molecule has 0 saturated carbocycles. The summed E-state index contributed by atoms with van der Waals surface area (Å²) < 4.78 is 19.4. The van der Waals surface area contributed by atoms with Gasteiger partial charge in [-0.15, -0.1) is 0 Å². The lowest BCUT2D eigenvalue weighted by atomic mass is 10.2. The quantitative estimate of drug-likeness (QED) is 0.477. The SMILES string of the molecule is Cc1cc(Oc2ccccc2F)ccc1Nc1ccc2ccccc2n1. The molecule has 0 aliphatic rings. The molecular weight excluding hydrogens is 327 g/mol. The summed E-state index contributed by atoms with van der Waals surface area (Å²) in [4.78, 5) is 4.62. The third-order valence-electron chi connectivity index (χ3n) is 4.12. The van der Waals surface area contributed by atoms with Crippen LogP contribution in [0.2, 0.25) is 0 Å². The molecule has 0 fully saturated rings. The molecule has 0 amide bonds. The van der Waals surface area contributed by atoms with Crippen molar-refractivity contribution in [2.45, 2.75) is 6.92 Å². The first-order valence-electron chi connectivity index (χ1n) is 8.35. The maximum absolute atomic E-state index is 13.7. The fourth-order valence-corrected chi connectivity index (χ4v) is 2.77. The molecule has 0 aliphatic carbocycles. The maximum atomic E-state index is 13.7. The van der Waals surface area contributed by atoms with E-state index in [0.29, 0.717) is 5.75 Å². The predicted molar refractivity (Wildman–Crippen MR) is 103 cm³/mol. The molecule has 0 unspecified atom stereocenters. The fourth-order valence-electron chi connectivity index (χ4n) is 2.77. The Morgan fingerprint density at radius 3 is 2.54 bits per heavy atom. The van der Waals surface area contributed by atoms with Crippen molar-refractivity contribution in [2.24, 2.45) is 0 Å². The van der Waals surface area contributed by atoms with Gasteiger partial charge in [-0.2, -0.15) is 0 Å². The number of fused-ring (bicyclic) bond motifs is 1. The number of aryl methyl sites for hydroxylation is 1. The Morgan fingerprint density at radius 1 is 0.885 bits per heavy atom. The second-order valence-corrected chi connectivity index (χ2v) is 6.02. The lowest BCUT2D eigenvalue weighted by Gasteiger charge is -2.12. The smallest absolute Gasteiger partial charge is 0.165 e. The highest BCUT2D eigenvalue weighted by Crippen LogP contribution is 2.29. The van der Waals surface area contributed by atoms with Gasteiger partial charge in [-0.25, -0.2) is 9.37 Å². The second-order valence-electron chi connectivity index (χ2n) is 6.02. The first-order valence-corrected chi connectivity index (χ1v) is 8.35.